The number of carbonyl (C=O) groups is 1. The van der Waals surface area contributed by atoms with Gasteiger partial charge in [0.1, 0.15) is 6.61 Å². The fraction of sp³-hybridized carbons (Fsp3) is 0.250. The Bertz CT molecular complexity index is 1160. The van der Waals surface area contributed by atoms with Crippen LogP contribution in [0.2, 0.25) is 0 Å². The Hall–Kier alpha value is -3.73. The lowest BCUT2D eigenvalue weighted by Gasteiger charge is -2.14. The molecule has 4 rings (SSSR count). The molecule has 1 amide bonds. The number of aromatic amines is 1. The van der Waals surface area contributed by atoms with Crippen LogP contribution in [0.15, 0.2) is 48.5 Å². The summed E-state index contributed by atoms with van der Waals surface area (Å²) < 4.78 is 44.2. The van der Waals surface area contributed by atoms with Crippen LogP contribution in [0.25, 0.3) is 11.1 Å². The fourth-order valence-electron chi connectivity index (χ4n) is 3.81. The summed E-state index contributed by atoms with van der Waals surface area (Å²) in [5.41, 5.74) is 3.53. The van der Waals surface area contributed by atoms with Crippen molar-refractivity contribution in [1.82, 2.24) is 15.5 Å². The van der Waals surface area contributed by atoms with Gasteiger partial charge in [0.2, 0.25) is 0 Å². The lowest BCUT2D eigenvalue weighted by Crippen LogP contribution is -2.26. The van der Waals surface area contributed by atoms with Gasteiger partial charge >= 0.3 is 12.3 Å². The van der Waals surface area contributed by atoms with E-state index in [9.17, 15) is 18.0 Å². The Morgan fingerprint density at radius 1 is 1.12 bits per heavy atom. The van der Waals surface area contributed by atoms with Gasteiger partial charge in [0.15, 0.2) is 5.69 Å². The van der Waals surface area contributed by atoms with Crippen LogP contribution in [0.4, 0.5) is 18.0 Å². The largest absolute Gasteiger partial charge is 0.449 e. The molecule has 0 radical (unpaired) electrons. The van der Waals surface area contributed by atoms with Gasteiger partial charge in [0.05, 0.1) is 5.56 Å². The van der Waals surface area contributed by atoms with Crippen molar-refractivity contribution in [3.8, 4) is 23.0 Å². The number of alkyl carbamates (subject to hydrolysis) is 1. The smallest absolute Gasteiger partial charge is 0.436 e. The van der Waals surface area contributed by atoms with Crippen LogP contribution in [0, 0.1) is 18.8 Å². The van der Waals surface area contributed by atoms with Gasteiger partial charge in [0, 0.05) is 24.6 Å². The number of aromatic nitrogens is 2. The zero-order chi connectivity index (χ0) is 22.7. The summed E-state index contributed by atoms with van der Waals surface area (Å²) in [5, 5.41) is 8.15. The van der Waals surface area contributed by atoms with Crippen molar-refractivity contribution in [2.24, 2.45) is 0 Å². The number of ether oxygens (including phenoxy) is 1. The van der Waals surface area contributed by atoms with Crippen molar-refractivity contribution >= 4 is 6.09 Å². The highest BCUT2D eigenvalue weighted by atomic mass is 19.4. The van der Waals surface area contributed by atoms with Gasteiger partial charge in [-0.3, -0.25) is 5.10 Å². The molecule has 0 fully saturated rings. The monoisotopic (exact) mass is 439 g/mol. The highest BCUT2D eigenvalue weighted by Gasteiger charge is 2.37. The highest BCUT2D eigenvalue weighted by molar-refractivity contribution is 5.79. The van der Waals surface area contributed by atoms with Crippen LogP contribution in [-0.4, -0.2) is 29.4 Å². The minimum absolute atomic E-state index is 0.0437. The molecule has 1 aromatic heterocycles. The number of amides is 1. The van der Waals surface area contributed by atoms with Crippen molar-refractivity contribution in [1.29, 1.82) is 0 Å². The van der Waals surface area contributed by atoms with Crippen LogP contribution in [-0.2, 0) is 10.9 Å². The first-order valence-corrected chi connectivity index (χ1v) is 10.1. The van der Waals surface area contributed by atoms with E-state index < -0.39 is 18.0 Å². The molecule has 1 aliphatic rings. The summed E-state index contributed by atoms with van der Waals surface area (Å²) in [7, 11) is 0. The Balaban J connectivity index is 1.31. The third-order valence-electron chi connectivity index (χ3n) is 5.29. The van der Waals surface area contributed by atoms with Gasteiger partial charge in [-0.25, -0.2) is 4.79 Å². The zero-order valence-corrected chi connectivity index (χ0v) is 17.2. The molecule has 0 bridgehead atoms. The number of nitrogens with one attached hydrogen (secondary N) is 2. The average molecular weight is 439 g/mol. The predicted molar refractivity (Wildman–Crippen MR) is 113 cm³/mol. The number of hydrogen-bond acceptors (Lipinski definition) is 3. The second kappa shape index (κ2) is 8.79. The first-order valence-electron chi connectivity index (χ1n) is 10.1. The SMILES string of the molecule is Cc1[nH]nc(C(F)(F)F)c1C#CCCNC(=O)OCC1c2ccccc2-c2ccccc21. The Morgan fingerprint density at radius 2 is 1.75 bits per heavy atom. The molecular formula is C24H20F3N3O2. The van der Waals surface area contributed by atoms with Crippen molar-refractivity contribution in [3.63, 3.8) is 0 Å². The lowest BCUT2D eigenvalue weighted by molar-refractivity contribution is -0.141. The van der Waals surface area contributed by atoms with Crippen LogP contribution in [0.1, 0.15) is 40.4 Å². The standard InChI is InChI=1S/C24H20F3N3O2/c1-15-16(22(30-29-15)24(25,26)27)8-6-7-13-28-23(31)32-14-21-19-11-4-2-9-17(19)18-10-3-5-12-20(18)21/h2-5,9-12,21H,7,13-14H2,1H3,(H,28,31)(H,29,30). The molecule has 1 aliphatic carbocycles. The van der Waals surface area contributed by atoms with Gasteiger partial charge in [-0.05, 0) is 29.2 Å². The van der Waals surface area contributed by atoms with Gasteiger partial charge in [0.25, 0.3) is 0 Å². The molecule has 0 aliphatic heterocycles. The molecule has 2 N–H and O–H groups in total. The van der Waals surface area contributed by atoms with Crippen molar-refractivity contribution in [3.05, 3.63) is 76.6 Å². The van der Waals surface area contributed by atoms with E-state index in [1.54, 1.807) is 0 Å². The van der Waals surface area contributed by atoms with E-state index in [2.05, 4.69) is 39.5 Å². The summed E-state index contributed by atoms with van der Waals surface area (Å²) in [6, 6.07) is 16.1. The van der Waals surface area contributed by atoms with E-state index in [1.165, 1.54) is 6.92 Å². The van der Waals surface area contributed by atoms with Crippen LogP contribution < -0.4 is 5.32 Å². The van der Waals surface area contributed by atoms with Crippen LogP contribution >= 0.6 is 0 Å². The maximum absolute atomic E-state index is 12.9. The Labute approximate surface area is 183 Å². The molecule has 164 valence electrons. The van der Waals surface area contributed by atoms with E-state index in [-0.39, 0.29) is 36.7 Å². The highest BCUT2D eigenvalue weighted by Crippen LogP contribution is 2.44. The van der Waals surface area contributed by atoms with Crippen molar-refractivity contribution in [2.45, 2.75) is 25.4 Å². The summed E-state index contributed by atoms with van der Waals surface area (Å²) in [6.07, 6.45) is -5.00. The second-order valence-electron chi connectivity index (χ2n) is 7.37. The van der Waals surface area contributed by atoms with Gasteiger partial charge in [-0.2, -0.15) is 18.3 Å². The van der Waals surface area contributed by atoms with Crippen molar-refractivity contribution < 1.29 is 22.7 Å². The molecule has 0 saturated carbocycles. The van der Waals surface area contributed by atoms with Gasteiger partial charge < -0.3 is 10.1 Å². The number of fused-ring (bicyclic) bond motifs is 3. The lowest BCUT2D eigenvalue weighted by atomic mass is 9.98. The second-order valence-corrected chi connectivity index (χ2v) is 7.37. The maximum Gasteiger partial charge on any atom is 0.436 e. The molecule has 2 aromatic carbocycles. The normalized spacial score (nSPS) is 12.5. The summed E-state index contributed by atoms with van der Waals surface area (Å²) in [4.78, 5) is 12.1. The maximum atomic E-state index is 12.9. The number of alkyl halides is 3. The Kier molecular flexibility index (Phi) is 5.91. The van der Waals surface area contributed by atoms with E-state index >= 15 is 0 Å². The first-order chi connectivity index (χ1) is 15.4. The average Bonchev–Trinajstić information content (AvgIpc) is 3.30. The third kappa shape index (κ3) is 4.33. The van der Waals surface area contributed by atoms with Gasteiger partial charge in [-0.1, -0.05) is 60.4 Å². The number of carbonyl (C=O) groups excluding carboxylic acids is 1. The molecule has 1 heterocycles. The quantitative estimate of drug-likeness (QED) is 0.443. The molecule has 5 nitrogen and oxygen atoms in total. The number of H-pyrrole nitrogens is 1. The molecule has 0 atom stereocenters. The van der Waals surface area contributed by atoms with Crippen molar-refractivity contribution in [2.75, 3.05) is 13.2 Å². The minimum atomic E-state index is -4.58. The Morgan fingerprint density at radius 3 is 2.38 bits per heavy atom. The zero-order valence-electron chi connectivity index (χ0n) is 17.2. The first kappa shape index (κ1) is 21.5. The number of halogens is 3. The number of nitrogens with zero attached hydrogens (tertiary/aromatic N) is 1. The molecule has 8 heteroatoms. The molecule has 0 saturated heterocycles. The number of benzene rings is 2. The summed E-state index contributed by atoms with van der Waals surface area (Å²) >= 11 is 0. The molecule has 0 spiro atoms. The third-order valence-corrected chi connectivity index (χ3v) is 5.29. The molecule has 3 aromatic rings. The predicted octanol–water partition coefficient (Wildman–Crippen LogP) is 5.02. The molecular weight excluding hydrogens is 419 g/mol. The molecule has 0 unspecified atom stereocenters. The van der Waals surface area contributed by atoms with E-state index in [4.69, 9.17) is 4.74 Å². The minimum Gasteiger partial charge on any atom is -0.449 e. The van der Waals surface area contributed by atoms with E-state index in [0.29, 0.717) is 0 Å². The summed E-state index contributed by atoms with van der Waals surface area (Å²) in [6.45, 7) is 1.82. The van der Waals surface area contributed by atoms with Crippen LogP contribution in [0.5, 0.6) is 0 Å². The van der Waals surface area contributed by atoms with Gasteiger partial charge in [-0.15, -0.1) is 0 Å². The molecule has 32 heavy (non-hydrogen) atoms. The van der Waals surface area contributed by atoms with E-state index in [0.717, 1.165) is 22.3 Å². The fourth-order valence-corrected chi connectivity index (χ4v) is 3.81. The number of aryl methyl sites for hydroxylation is 1. The number of hydrogen-bond donors (Lipinski definition) is 2. The van der Waals surface area contributed by atoms with Crippen LogP contribution in [0.3, 0.4) is 0 Å². The summed E-state index contributed by atoms with van der Waals surface area (Å²) in [5.74, 6) is 5.08. The number of rotatable bonds is 4. The van der Waals surface area contributed by atoms with E-state index in [1.807, 2.05) is 36.4 Å². The topological polar surface area (TPSA) is 67.0 Å².